The second kappa shape index (κ2) is 10.7. The lowest BCUT2D eigenvalue weighted by atomic mass is 10.2. The average Bonchev–Trinajstić information content (AvgIpc) is 3.44. The number of para-hydroxylation sites is 1. The molecule has 9 heteroatoms. The Balaban J connectivity index is 1.69. The normalized spacial score (nSPS) is 11.7. The molecule has 164 valence electrons. The minimum atomic E-state index is -0.405. The first-order valence-corrected chi connectivity index (χ1v) is 10.9. The van der Waals surface area contributed by atoms with E-state index < -0.39 is 5.82 Å². The molecule has 3 rings (SSSR count). The summed E-state index contributed by atoms with van der Waals surface area (Å²) < 4.78 is 19.2. The second-order valence-corrected chi connectivity index (χ2v) is 7.93. The van der Waals surface area contributed by atoms with Gasteiger partial charge in [0.2, 0.25) is 5.91 Å². The SMILES string of the molecule is CC[C@@H](C)NC(=O)CCN(Cc1ccco1)C(=O)c1csc(Nc2ccccc2F)n1. The quantitative estimate of drug-likeness (QED) is 0.478. The standard InChI is InChI=1S/C22H25FN4O3S/c1-3-15(2)24-20(28)10-11-27(13-16-7-6-12-30-16)21(29)19-14-31-22(26-19)25-18-9-5-4-8-17(18)23/h4-9,12,14-15H,3,10-11,13H2,1-2H3,(H,24,28)(H,25,26)/t15-/m1/s1. The van der Waals surface area contributed by atoms with E-state index in [9.17, 15) is 14.0 Å². The highest BCUT2D eigenvalue weighted by molar-refractivity contribution is 7.14. The fraction of sp³-hybridized carbons (Fsp3) is 0.318. The summed E-state index contributed by atoms with van der Waals surface area (Å²) in [4.78, 5) is 31.1. The van der Waals surface area contributed by atoms with Gasteiger partial charge in [-0.05, 0) is 37.6 Å². The molecule has 0 bridgehead atoms. The third-order valence-electron chi connectivity index (χ3n) is 4.68. The molecule has 0 spiro atoms. The van der Waals surface area contributed by atoms with Crippen LogP contribution in [0, 0.1) is 5.82 Å². The molecule has 7 nitrogen and oxygen atoms in total. The first-order chi connectivity index (χ1) is 15.0. The van der Waals surface area contributed by atoms with E-state index >= 15 is 0 Å². The molecule has 2 amide bonds. The number of benzene rings is 1. The van der Waals surface area contributed by atoms with E-state index in [1.165, 1.54) is 28.6 Å². The van der Waals surface area contributed by atoms with Crippen LogP contribution in [0.4, 0.5) is 15.2 Å². The number of anilines is 2. The lowest BCUT2D eigenvalue weighted by Crippen LogP contribution is -2.37. The molecule has 0 fully saturated rings. The number of thiazole rings is 1. The number of hydrogen-bond donors (Lipinski definition) is 2. The highest BCUT2D eigenvalue weighted by Crippen LogP contribution is 2.24. The molecular formula is C22H25FN4O3S. The molecule has 1 aromatic carbocycles. The summed E-state index contributed by atoms with van der Waals surface area (Å²) in [6.07, 6.45) is 2.53. The van der Waals surface area contributed by atoms with Crippen molar-refractivity contribution in [3.63, 3.8) is 0 Å². The zero-order valence-electron chi connectivity index (χ0n) is 17.4. The number of aromatic nitrogens is 1. The molecule has 0 radical (unpaired) electrons. The van der Waals surface area contributed by atoms with E-state index in [0.717, 1.165) is 6.42 Å². The van der Waals surface area contributed by atoms with Crippen LogP contribution in [0.1, 0.15) is 42.9 Å². The van der Waals surface area contributed by atoms with Crippen molar-refractivity contribution in [1.82, 2.24) is 15.2 Å². The van der Waals surface area contributed by atoms with Crippen LogP contribution in [0.5, 0.6) is 0 Å². The number of amides is 2. The van der Waals surface area contributed by atoms with Gasteiger partial charge in [-0.25, -0.2) is 9.37 Å². The molecule has 1 atom stereocenters. The van der Waals surface area contributed by atoms with Crippen LogP contribution in [-0.4, -0.2) is 34.3 Å². The maximum absolute atomic E-state index is 13.9. The Hall–Kier alpha value is -3.20. The number of nitrogens with zero attached hydrogens (tertiary/aromatic N) is 2. The summed E-state index contributed by atoms with van der Waals surface area (Å²) >= 11 is 1.20. The fourth-order valence-electron chi connectivity index (χ4n) is 2.80. The van der Waals surface area contributed by atoms with Gasteiger partial charge >= 0.3 is 0 Å². The number of furan rings is 1. The smallest absolute Gasteiger partial charge is 0.273 e. The molecule has 0 aliphatic carbocycles. The molecule has 3 aromatic rings. The minimum absolute atomic E-state index is 0.0762. The molecule has 0 saturated carbocycles. The minimum Gasteiger partial charge on any atom is -0.467 e. The summed E-state index contributed by atoms with van der Waals surface area (Å²) in [6, 6.07) is 9.84. The second-order valence-electron chi connectivity index (χ2n) is 7.08. The van der Waals surface area contributed by atoms with Crippen molar-refractivity contribution in [2.75, 3.05) is 11.9 Å². The van der Waals surface area contributed by atoms with Crippen LogP contribution in [-0.2, 0) is 11.3 Å². The summed E-state index contributed by atoms with van der Waals surface area (Å²) in [5.74, 6) is -0.245. The molecule has 31 heavy (non-hydrogen) atoms. The Morgan fingerprint density at radius 2 is 2.06 bits per heavy atom. The number of rotatable bonds is 10. The van der Waals surface area contributed by atoms with Crippen LogP contribution < -0.4 is 10.6 Å². The van der Waals surface area contributed by atoms with Crippen molar-refractivity contribution in [1.29, 1.82) is 0 Å². The Morgan fingerprint density at radius 1 is 1.26 bits per heavy atom. The molecule has 0 unspecified atom stereocenters. The summed E-state index contributed by atoms with van der Waals surface area (Å²) in [5, 5.41) is 7.80. The van der Waals surface area contributed by atoms with Crippen molar-refractivity contribution in [3.8, 4) is 0 Å². The van der Waals surface area contributed by atoms with Gasteiger partial charge in [0.25, 0.3) is 5.91 Å². The Kier molecular flexibility index (Phi) is 7.77. The van der Waals surface area contributed by atoms with E-state index in [2.05, 4.69) is 15.6 Å². The van der Waals surface area contributed by atoms with Gasteiger partial charge in [-0.2, -0.15) is 0 Å². The van der Waals surface area contributed by atoms with Crippen LogP contribution >= 0.6 is 11.3 Å². The van der Waals surface area contributed by atoms with E-state index in [1.807, 2.05) is 13.8 Å². The van der Waals surface area contributed by atoms with E-state index in [4.69, 9.17) is 4.42 Å². The first kappa shape index (κ1) is 22.5. The zero-order valence-corrected chi connectivity index (χ0v) is 18.2. The Bertz CT molecular complexity index is 1010. The van der Waals surface area contributed by atoms with Crippen LogP contribution in [0.25, 0.3) is 0 Å². The van der Waals surface area contributed by atoms with Gasteiger partial charge in [0, 0.05) is 24.4 Å². The molecule has 0 aliphatic heterocycles. The first-order valence-electron chi connectivity index (χ1n) is 10.0. The zero-order chi connectivity index (χ0) is 22.2. The van der Waals surface area contributed by atoms with Crippen molar-refractivity contribution in [2.24, 2.45) is 0 Å². The summed E-state index contributed by atoms with van der Waals surface area (Å²) in [5.41, 5.74) is 0.503. The lowest BCUT2D eigenvalue weighted by molar-refractivity contribution is -0.121. The highest BCUT2D eigenvalue weighted by atomic mass is 32.1. The number of carbonyl (C=O) groups is 2. The number of nitrogens with one attached hydrogen (secondary N) is 2. The van der Waals surface area contributed by atoms with Crippen LogP contribution in [0.2, 0.25) is 0 Å². The number of carbonyl (C=O) groups excluding carboxylic acids is 2. The van der Waals surface area contributed by atoms with Crippen LogP contribution in [0.3, 0.4) is 0 Å². The number of hydrogen-bond acceptors (Lipinski definition) is 6. The predicted octanol–water partition coefficient (Wildman–Crippen LogP) is 4.57. The highest BCUT2D eigenvalue weighted by Gasteiger charge is 2.21. The van der Waals surface area contributed by atoms with E-state index in [-0.39, 0.29) is 48.7 Å². The molecule has 0 aliphatic rings. The fourth-order valence-corrected chi connectivity index (χ4v) is 3.49. The van der Waals surface area contributed by atoms with E-state index in [0.29, 0.717) is 10.9 Å². The van der Waals surface area contributed by atoms with Crippen molar-refractivity contribution in [2.45, 2.75) is 39.3 Å². The van der Waals surface area contributed by atoms with Gasteiger partial charge in [0.1, 0.15) is 17.3 Å². The largest absolute Gasteiger partial charge is 0.467 e. The van der Waals surface area contributed by atoms with Gasteiger partial charge in [-0.3, -0.25) is 9.59 Å². The molecule has 0 saturated heterocycles. The van der Waals surface area contributed by atoms with Gasteiger partial charge in [0.05, 0.1) is 18.5 Å². The lowest BCUT2D eigenvalue weighted by Gasteiger charge is -2.21. The van der Waals surface area contributed by atoms with Crippen molar-refractivity contribution < 1.29 is 18.4 Å². The molecule has 2 heterocycles. The average molecular weight is 445 g/mol. The van der Waals surface area contributed by atoms with Gasteiger partial charge in [-0.15, -0.1) is 11.3 Å². The monoisotopic (exact) mass is 444 g/mol. The number of halogens is 1. The van der Waals surface area contributed by atoms with Gasteiger partial charge in [0.15, 0.2) is 5.13 Å². The van der Waals surface area contributed by atoms with Crippen molar-refractivity contribution >= 4 is 34.0 Å². The third kappa shape index (κ3) is 6.39. The molecule has 2 aromatic heterocycles. The topological polar surface area (TPSA) is 87.5 Å². The Labute approximate surface area is 184 Å². The summed E-state index contributed by atoms with van der Waals surface area (Å²) in [7, 11) is 0. The summed E-state index contributed by atoms with van der Waals surface area (Å²) in [6.45, 7) is 4.36. The maximum atomic E-state index is 13.9. The van der Waals surface area contributed by atoms with Gasteiger partial charge < -0.3 is 20.0 Å². The van der Waals surface area contributed by atoms with Gasteiger partial charge in [-0.1, -0.05) is 19.1 Å². The van der Waals surface area contributed by atoms with E-state index in [1.54, 1.807) is 35.7 Å². The Morgan fingerprint density at radius 3 is 2.77 bits per heavy atom. The molecular weight excluding hydrogens is 419 g/mol. The third-order valence-corrected chi connectivity index (χ3v) is 5.44. The molecule has 2 N–H and O–H groups in total. The predicted molar refractivity (Wildman–Crippen MR) is 118 cm³/mol. The maximum Gasteiger partial charge on any atom is 0.273 e. The van der Waals surface area contributed by atoms with Crippen molar-refractivity contribution in [3.05, 3.63) is 65.3 Å². The van der Waals surface area contributed by atoms with Crippen LogP contribution in [0.15, 0.2) is 52.5 Å².